The number of nitro groups is 1. The summed E-state index contributed by atoms with van der Waals surface area (Å²) in [4.78, 5) is 33.1. The number of carbonyl (C=O) groups is 2. The van der Waals surface area contributed by atoms with Crippen molar-refractivity contribution in [3.8, 4) is 0 Å². The van der Waals surface area contributed by atoms with Crippen molar-refractivity contribution < 1.29 is 14.5 Å². The fourth-order valence-electron chi connectivity index (χ4n) is 1.84. The molecule has 23 heavy (non-hydrogen) atoms. The van der Waals surface area contributed by atoms with Crippen molar-refractivity contribution in [1.82, 2.24) is 9.78 Å². The first-order chi connectivity index (χ1) is 10.9. The zero-order valence-corrected chi connectivity index (χ0v) is 12.5. The van der Waals surface area contributed by atoms with Gasteiger partial charge in [0.2, 0.25) is 11.8 Å². The van der Waals surface area contributed by atoms with Crippen molar-refractivity contribution in [2.45, 2.75) is 19.9 Å². The number of carbonyl (C=O) groups excluding carboxylic acids is 2. The molecule has 1 unspecified atom stereocenters. The number of benzene rings is 1. The van der Waals surface area contributed by atoms with Crippen LogP contribution in [0.25, 0.3) is 0 Å². The summed E-state index contributed by atoms with van der Waals surface area (Å²) in [5.41, 5.74) is 0.980. The molecule has 0 fully saturated rings. The quantitative estimate of drug-likeness (QED) is 0.645. The monoisotopic (exact) mass is 317 g/mol. The van der Waals surface area contributed by atoms with Crippen LogP contribution in [0, 0.1) is 10.1 Å². The maximum atomic E-state index is 12.1. The van der Waals surface area contributed by atoms with Gasteiger partial charge in [-0.3, -0.25) is 24.4 Å². The summed E-state index contributed by atoms with van der Waals surface area (Å²) in [5, 5.41) is 19.7. The van der Waals surface area contributed by atoms with E-state index in [1.54, 1.807) is 31.2 Å². The molecule has 0 saturated heterocycles. The lowest BCUT2D eigenvalue weighted by Gasteiger charge is -2.12. The number of rotatable bonds is 5. The Labute approximate surface area is 131 Å². The molecule has 2 rings (SSSR count). The second-order valence-corrected chi connectivity index (χ2v) is 4.86. The Morgan fingerprint density at radius 2 is 1.78 bits per heavy atom. The Balaban J connectivity index is 2.02. The van der Waals surface area contributed by atoms with Crippen molar-refractivity contribution in [3.05, 3.63) is 46.8 Å². The van der Waals surface area contributed by atoms with Crippen LogP contribution in [0.15, 0.2) is 36.7 Å². The first kappa shape index (κ1) is 16.1. The van der Waals surface area contributed by atoms with E-state index in [-0.39, 0.29) is 17.5 Å². The average molecular weight is 317 g/mol. The van der Waals surface area contributed by atoms with Crippen LogP contribution in [0.5, 0.6) is 0 Å². The van der Waals surface area contributed by atoms with E-state index in [1.807, 2.05) is 0 Å². The maximum absolute atomic E-state index is 12.1. The molecule has 0 aliphatic rings. The molecule has 0 aliphatic heterocycles. The Bertz CT molecular complexity index is 738. The Hall–Kier alpha value is -3.23. The van der Waals surface area contributed by atoms with Crippen molar-refractivity contribution in [3.63, 3.8) is 0 Å². The highest BCUT2D eigenvalue weighted by Crippen LogP contribution is 2.17. The van der Waals surface area contributed by atoms with Crippen LogP contribution in [-0.2, 0) is 9.59 Å². The van der Waals surface area contributed by atoms with E-state index in [9.17, 15) is 19.7 Å². The SMILES string of the molecule is CC(=O)Nc1ccc(NC(=O)C(C)n2cc([N+](=O)[O-])cn2)cc1. The van der Waals surface area contributed by atoms with Gasteiger partial charge in [0.15, 0.2) is 0 Å². The molecular weight excluding hydrogens is 302 g/mol. The third kappa shape index (κ3) is 4.13. The normalized spacial score (nSPS) is 11.6. The number of hydrogen-bond acceptors (Lipinski definition) is 5. The topological polar surface area (TPSA) is 119 Å². The van der Waals surface area contributed by atoms with Gasteiger partial charge in [0.05, 0.1) is 4.92 Å². The van der Waals surface area contributed by atoms with E-state index in [0.29, 0.717) is 11.4 Å². The molecule has 2 N–H and O–H groups in total. The van der Waals surface area contributed by atoms with Crippen LogP contribution < -0.4 is 10.6 Å². The fraction of sp³-hybridized carbons (Fsp3) is 0.214. The van der Waals surface area contributed by atoms with Gasteiger partial charge < -0.3 is 10.6 Å². The molecule has 1 atom stereocenters. The Kier molecular flexibility index (Phi) is 4.69. The number of anilines is 2. The number of aromatic nitrogens is 2. The minimum Gasteiger partial charge on any atom is -0.326 e. The average Bonchev–Trinajstić information content (AvgIpc) is 2.98. The lowest BCUT2D eigenvalue weighted by molar-refractivity contribution is -0.385. The van der Waals surface area contributed by atoms with Gasteiger partial charge in [0.1, 0.15) is 18.4 Å². The van der Waals surface area contributed by atoms with Crippen LogP contribution in [0.1, 0.15) is 19.9 Å². The molecule has 0 saturated carbocycles. The number of hydrogen-bond donors (Lipinski definition) is 2. The second kappa shape index (κ2) is 6.69. The molecule has 1 aromatic carbocycles. The minimum absolute atomic E-state index is 0.177. The summed E-state index contributed by atoms with van der Waals surface area (Å²) in [6.45, 7) is 2.98. The maximum Gasteiger partial charge on any atom is 0.307 e. The lowest BCUT2D eigenvalue weighted by Crippen LogP contribution is -2.24. The van der Waals surface area contributed by atoms with Gasteiger partial charge in [-0.2, -0.15) is 5.10 Å². The Morgan fingerprint density at radius 1 is 1.22 bits per heavy atom. The fourth-order valence-corrected chi connectivity index (χ4v) is 1.84. The van der Waals surface area contributed by atoms with E-state index in [4.69, 9.17) is 0 Å². The molecule has 9 nitrogen and oxygen atoms in total. The van der Waals surface area contributed by atoms with E-state index in [0.717, 1.165) is 6.20 Å². The van der Waals surface area contributed by atoms with Crippen LogP contribution in [0.3, 0.4) is 0 Å². The van der Waals surface area contributed by atoms with Crippen molar-refractivity contribution >= 4 is 28.9 Å². The Morgan fingerprint density at radius 3 is 2.26 bits per heavy atom. The predicted molar refractivity (Wildman–Crippen MR) is 83.0 cm³/mol. The highest BCUT2D eigenvalue weighted by Gasteiger charge is 2.19. The zero-order chi connectivity index (χ0) is 17.0. The minimum atomic E-state index is -0.710. The molecule has 0 radical (unpaired) electrons. The smallest absolute Gasteiger partial charge is 0.307 e. The van der Waals surface area contributed by atoms with Gasteiger partial charge in [-0.25, -0.2) is 0 Å². The molecule has 2 amide bonds. The van der Waals surface area contributed by atoms with Gasteiger partial charge in [-0.1, -0.05) is 0 Å². The van der Waals surface area contributed by atoms with Gasteiger partial charge in [-0.05, 0) is 31.2 Å². The van der Waals surface area contributed by atoms with Crippen LogP contribution in [0.2, 0.25) is 0 Å². The third-order valence-electron chi connectivity index (χ3n) is 3.05. The van der Waals surface area contributed by atoms with Crippen molar-refractivity contribution in [2.75, 3.05) is 10.6 Å². The van der Waals surface area contributed by atoms with Crippen LogP contribution in [0.4, 0.5) is 17.1 Å². The first-order valence-corrected chi connectivity index (χ1v) is 6.74. The summed E-state index contributed by atoms with van der Waals surface area (Å²) < 4.78 is 1.22. The van der Waals surface area contributed by atoms with Crippen LogP contribution in [-0.4, -0.2) is 26.5 Å². The molecule has 2 aromatic rings. The highest BCUT2D eigenvalue weighted by atomic mass is 16.6. The van der Waals surface area contributed by atoms with E-state index < -0.39 is 11.0 Å². The molecule has 0 aliphatic carbocycles. The number of amides is 2. The summed E-state index contributed by atoms with van der Waals surface area (Å²) >= 11 is 0. The molecule has 120 valence electrons. The standard InChI is InChI=1S/C14H15N5O4/c1-9(18-8-13(7-15-18)19(22)23)14(21)17-12-5-3-11(4-6-12)16-10(2)20/h3-9H,1-2H3,(H,16,20)(H,17,21). The molecule has 1 aromatic heterocycles. The molecule has 0 spiro atoms. The van der Waals surface area contributed by atoms with Gasteiger partial charge in [0.25, 0.3) is 0 Å². The largest absolute Gasteiger partial charge is 0.326 e. The van der Waals surface area contributed by atoms with Gasteiger partial charge >= 0.3 is 5.69 Å². The molecular formula is C14H15N5O4. The van der Waals surface area contributed by atoms with Crippen LogP contribution >= 0.6 is 0 Å². The van der Waals surface area contributed by atoms with Gasteiger partial charge in [-0.15, -0.1) is 0 Å². The third-order valence-corrected chi connectivity index (χ3v) is 3.05. The predicted octanol–water partition coefficient (Wildman–Crippen LogP) is 1.95. The molecule has 0 bridgehead atoms. The van der Waals surface area contributed by atoms with Crippen molar-refractivity contribution in [2.24, 2.45) is 0 Å². The summed E-state index contributed by atoms with van der Waals surface area (Å²) in [6.07, 6.45) is 2.29. The van der Waals surface area contributed by atoms with E-state index >= 15 is 0 Å². The van der Waals surface area contributed by atoms with Crippen molar-refractivity contribution in [1.29, 1.82) is 0 Å². The highest BCUT2D eigenvalue weighted by molar-refractivity contribution is 5.94. The summed E-state index contributed by atoms with van der Waals surface area (Å²) in [6, 6.07) is 5.88. The second-order valence-electron chi connectivity index (χ2n) is 4.86. The van der Waals surface area contributed by atoms with Gasteiger partial charge in [0, 0.05) is 18.3 Å². The first-order valence-electron chi connectivity index (χ1n) is 6.74. The summed E-state index contributed by atoms with van der Waals surface area (Å²) in [5.74, 6) is -0.550. The van der Waals surface area contributed by atoms with E-state index in [1.165, 1.54) is 17.8 Å². The zero-order valence-electron chi connectivity index (χ0n) is 12.5. The lowest BCUT2D eigenvalue weighted by atomic mass is 10.2. The summed E-state index contributed by atoms with van der Waals surface area (Å²) in [7, 11) is 0. The number of nitrogens with one attached hydrogen (secondary N) is 2. The number of nitrogens with zero attached hydrogens (tertiary/aromatic N) is 3. The molecule has 1 heterocycles. The molecule has 9 heteroatoms. The van der Waals surface area contributed by atoms with E-state index in [2.05, 4.69) is 15.7 Å².